The van der Waals surface area contributed by atoms with Crippen LogP contribution in [0.5, 0.6) is 0 Å². The molecule has 0 bridgehead atoms. The van der Waals surface area contributed by atoms with Crippen molar-refractivity contribution in [2.24, 2.45) is 11.7 Å². The summed E-state index contributed by atoms with van der Waals surface area (Å²) in [6, 6.07) is 40.9. The lowest BCUT2D eigenvalue weighted by Gasteiger charge is -2.39. The first-order valence-corrected chi connectivity index (χ1v) is 20.8. The van der Waals surface area contributed by atoms with E-state index in [9.17, 15) is 13.0 Å². The molecule has 4 nitrogen and oxygen atoms in total. The highest BCUT2D eigenvalue weighted by atomic mass is 32.2. The quantitative estimate of drug-likeness (QED) is 0.0608. The summed E-state index contributed by atoms with van der Waals surface area (Å²) in [7, 11) is -6.71. The standard InChI is InChI=1S/C38H49NO3P2S/c1-2-3-4-5-6-7-8-13-22-33(31-43(34-23-14-9-15-24-34)35-25-16-10-17-26-35)38(39,45(40,41)42)32-44(36-27-18-11-19-28-36)37-29-20-12-21-30-37/h9-12,14-21,23-30,33H,2-8,13,22,31-32,39H2,1H3,(H,40,41,42). The number of nitrogens with two attached hydrogens (primary N) is 1. The summed E-state index contributed by atoms with van der Waals surface area (Å²) in [5.41, 5.74) is 7.18. The van der Waals surface area contributed by atoms with E-state index in [1.54, 1.807) is 0 Å². The first-order valence-electron chi connectivity index (χ1n) is 16.3. The Morgan fingerprint density at radius 2 is 0.956 bits per heavy atom. The van der Waals surface area contributed by atoms with Crippen molar-refractivity contribution in [2.75, 3.05) is 12.3 Å². The second kappa shape index (κ2) is 18.1. The zero-order chi connectivity index (χ0) is 32.0. The van der Waals surface area contributed by atoms with Crippen LogP contribution < -0.4 is 27.0 Å². The topological polar surface area (TPSA) is 80.4 Å². The Morgan fingerprint density at radius 1 is 0.600 bits per heavy atom. The van der Waals surface area contributed by atoms with Gasteiger partial charge in [0, 0.05) is 6.16 Å². The zero-order valence-corrected chi connectivity index (χ0v) is 29.2. The Morgan fingerprint density at radius 3 is 1.33 bits per heavy atom. The van der Waals surface area contributed by atoms with Crippen LogP contribution in [0.2, 0.25) is 0 Å². The third kappa shape index (κ3) is 10.3. The molecule has 4 aromatic rings. The zero-order valence-electron chi connectivity index (χ0n) is 26.5. The van der Waals surface area contributed by atoms with E-state index in [4.69, 9.17) is 5.73 Å². The molecule has 0 amide bonds. The number of unbranched alkanes of at least 4 members (excludes halogenated alkanes) is 7. The van der Waals surface area contributed by atoms with Crippen molar-refractivity contribution in [3.05, 3.63) is 121 Å². The smallest absolute Gasteiger partial charge is 0.284 e. The molecule has 4 rings (SSSR count). The molecule has 0 aliphatic heterocycles. The van der Waals surface area contributed by atoms with E-state index >= 15 is 0 Å². The predicted octanol–water partition coefficient (Wildman–Crippen LogP) is 7.94. The molecular weight excluding hydrogens is 612 g/mol. The van der Waals surface area contributed by atoms with Gasteiger partial charge in [-0.3, -0.25) is 4.55 Å². The molecular formula is C38H49NO3P2S. The van der Waals surface area contributed by atoms with Crippen molar-refractivity contribution in [3.63, 3.8) is 0 Å². The van der Waals surface area contributed by atoms with Crippen LogP contribution in [0, 0.1) is 5.92 Å². The maximum atomic E-state index is 13.6. The molecule has 0 fully saturated rings. The van der Waals surface area contributed by atoms with Crippen LogP contribution in [-0.2, 0) is 10.1 Å². The normalized spacial score (nSPS) is 14.0. The van der Waals surface area contributed by atoms with Crippen LogP contribution in [0.1, 0.15) is 64.7 Å². The molecule has 0 aromatic heterocycles. The molecule has 4 aromatic carbocycles. The molecule has 240 valence electrons. The average molecular weight is 662 g/mol. The Hall–Kier alpha value is -2.39. The molecule has 0 heterocycles. The van der Waals surface area contributed by atoms with Crippen molar-refractivity contribution in [2.45, 2.75) is 69.6 Å². The minimum atomic E-state index is -4.64. The molecule has 0 aliphatic rings. The lowest BCUT2D eigenvalue weighted by Crippen LogP contribution is -2.58. The van der Waals surface area contributed by atoms with Gasteiger partial charge in [0.2, 0.25) is 0 Å². The van der Waals surface area contributed by atoms with E-state index in [1.807, 2.05) is 72.8 Å². The first kappa shape index (κ1) is 35.5. The highest BCUT2D eigenvalue weighted by Gasteiger charge is 2.48. The van der Waals surface area contributed by atoms with E-state index in [-0.39, 0.29) is 6.16 Å². The van der Waals surface area contributed by atoms with Gasteiger partial charge in [-0.25, -0.2) is 0 Å². The molecule has 45 heavy (non-hydrogen) atoms. The molecule has 0 saturated heterocycles. The Balaban J connectivity index is 1.71. The summed E-state index contributed by atoms with van der Waals surface area (Å²) in [5, 5.41) is 4.48. The van der Waals surface area contributed by atoms with Crippen LogP contribution >= 0.6 is 15.8 Å². The molecule has 7 heteroatoms. The maximum Gasteiger partial charge on any atom is 0.284 e. The molecule has 2 unspecified atom stereocenters. The SMILES string of the molecule is CCCCCCCCCCC(CP(c1ccccc1)c1ccccc1)C(N)(CP(c1ccccc1)c1ccccc1)S(=O)(=O)O. The summed E-state index contributed by atoms with van der Waals surface area (Å²) in [6.45, 7) is 2.23. The van der Waals surface area contributed by atoms with E-state index in [2.05, 4.69) is 55.5 Å². The Kier molecular flexibility index (Phi) is 14.2. The van der Waals surface area contributed by atoms with E-state index < -0.39 is 36.8 Å². The van der Waals surface area contributed by atoms with Gasteiger partial charge in [-0.2, -0.15) is 8.42 Å². The second-order valence-electron chi connectivity index (χ2n) is 11.9. The van der Waals surface area contributed by atoms with Gasteiger partial charge in [-0.15, -0.1) is 0 Å². The minimum absolute atomic E-state index is 0.156. The Bertz CT molecular complexity index is 1410. The summed E-state index contributed by atoms with van der Waals surface area (Å²) in [6.07, 6.45) is 10.7. The fourth-order valence-electron chi connectivity index (χ4n) is 6.03. The van der Waals surface area contributed by atoms with Crippen LogP contribution in [-0.4, -0.2) is 30.2 Å². The molecule has 0 spiro atoms. The first-order chi connectivity index (χ1) is 21.8. The summed E-state index contributed by atoms with van der Waals surface area (Å²) < 4.78 is 38.4. The van der Waals surface area contributed by atoms with Crippen LogP contribution in [0.25, 0.3) is 0 Å². The van der Waals surface area contributed by atoms with Crippen molar-refractivity contribution in [1.82, 2.24) is 0 Å². The second-order valence-corrected chi connectivity index (χ2v) is 18.1. The monoisotopic (exact) mass is 661 g/mol. The van der Waals surface area contributed by atoms with Gasteiger partial charge in [0.25, 0.3) is 10.1 Å². The summed E-state index contributed by atoms with van der Waals surface area (Å²) in [5.74, 6) is -0.434. The van der Waals surface area contributed by atoms with Gasteiger partial charge >= 0.3 is 0 Å². The van der Waals surface area contributed by atoms with Crippen molar-refractivity contribution >= 4 is 47.2 Å². The summed E-state index contributed by atoms with van der Waals surface area (Å²) >= 11 is 0. The minimum Gasteiger partial charge on any atom is -0.310 e. The van der Waals surface area contributed by atoms with Crippen LogP contribution in [0.4, 0.5) is 0 Å². The van der Waals surface area contributed by atoms with Gasteiger partial charge in [0.15, 0.2) is 4.87 Å². The molecule has 0 aliphatic carbocycles. The van der Waals surface area contributed by atoms with E-state index in [0.29, 0.717) is 12.6 Å². The van der Waals surface area contributed by atoms with E-state index in [0.717, 1.165) is 29.9 Å². The van der Waals surface area contributed by atoms with Gasteiger partial charge in [0.05, 0.1) is 0 Å². The van der Waals surface area contributed by atoms with Crippen LogP contribution in [0.3, 0.4) is 0 Å². The molecule has 3 N–H and O–H groups in total. The highest BCUT2D eigenvalue weighted by molar-refractivity contribution is 7.88. The lowest BCUT2D eigenvalue weighted by molar-refractivity contribution is 0.347. The predicted molar refractivity (Wildman–Crippen MR) is 197 cm³/mol. The third-order valence-corrected chi connectivity index (χ3v) is 15.6. The van der Waals surface area contributed by atoms with Crippen molar-refractivity contribution in [1.29, 1.82) is 0 Å². The van der Waals surface area contributed by atoms with E-state index in [1.165, 1.54) is 42.7 Å². The van der Waals surface area contributed by atoms with Crippen molar-refractivity contribution < 1.29 is 13.0 Å². The fourth-order valence-corrected chi connectivity index (χ4v) is 13.0. The molecule has 0 saturated carbocycles. The highest BCUT2D eigenvalue weighted by Crippen LogP contribution is 2.46. The van der Waals surface area contributed by atoms with Gasteiger partial charge in [0.1, 0.15) is 0 Å². The summed E-state index contributed by atoms with van der Waals surface area (Å²) in [4.78, 5) is -1.81. The largest absolute Gasteiger partial charge is 0.310 e. The van der Waals surface area contributed by atoms with Crippen LogP contribution in [0.15, 0.2) is 121 Å². The molecule has 2 atom stereocenters. The maximum absolute atomic E-state index is 13.6. The molecule has 0 radical (unpaired) electrons. The third-order valence-electron chi connectivity index (χ3n) is 8.66. The van der Waals surface area contributed by atoms with Gasteiger partial charge in [-0.05, 0) is 55.6 Å². The number of hydrogen-bond acceptors (Lipinski definition) is 3. The number of benzene rings is 4. The lowest BCUT2D eigenvalue weighted by atomic mass is 9.95. The van der Waals surface area contributed by atoms with Gasteiger partial charge < -0.3 is 5.73 Å². The Labute approximate surface area is 274 Å². The van der Waals surface area contributed by atoms with Gasteiger partial charge in [-0.1, -0.05) is 180 Å². The number of rotatable bonds is 19. The number of hydrogen-bond donors (Lipinski definition) is 2. The average Bonchev–Trinajstić information content (AvgIpc) is 3.07. The fraction of sp³-hybridized carbons (Fsp3) is 0.368. The van der Waals surface area contributed by atoms with Crippen molar-refractivity contribution in [3.8, 4) is 0 Å².